The van der Waals surface area contributed by atoms with Gasteiger partial charge >= 0.3 is 11.9 Å². The van der Waals surface area contributed by atoms with Crippen LogP contribution in [0.2, 0.25) is 0 Å². The number of carboxylic acids is 2. The third-order valence-corrected chi connectivity index (χ3v) is 11.2. The van der Waals surface area contributed by atoms with Crippen LogP contribution in [0.3, 0.4) is 0 Å². The van der Waals surface area contributed by atoms with Crippen LogP contribution in [0.25, 0.3) is 0 Å². The van der Waals surface area contributed by atoms with Crippen molar-refractivity contribution in [1.82, 2.24) is 0 Å². The van der Waals surface area contributed by atoms with Crippen LogP contribution in [0, 0.1) is 23.7 Å². The van der Waals surface area contributed by atoms with Crippen LogP contribution >= 0.6 is 0 Å². The Balaban J connectivity index is 1.14. The van der Waals surface area contributed by atoms with Gasteiger partial charge in [0, 0.05) is 0 Å². The van der Waals surface area contributed by atoms with Gasteiger partial charge in [0.1, 0.15) is 24.7 Å². The zero-order valence-electron chi connectivity index (χ0n) is 32.9. The molecule has 0 bridgehead atoms. The molecule has 2 aliphatic rings. The average molecular weight is 747 g/mol. The Bertz CT molecular complexity index is 1280. The van der Waals surface area contributed by atoms with Crippen molar-refractivity contribution < 1.29 is 38.7 Å². The number of unbranched alkanes of at least 4 members (excludes halogenated alkanes) is 4. The van der Waals surface area contributed by atoms with Crippen molar-refractivity contribution in [2.75, 3.05) is 13.2 Å². The molecule has 0 aliphatic heterocycles. The molecule has 2 aromatic carbocycles. The van der Waals surface area contributed by atoms with Crippen molar-refractivity contribution in [2.24, 2.45) is 23.7 Å². The number of ether oxygens (including phenoxy) is 4. The quantitative estimate of drug-likeness (QED) is 0.0763. The molecule has 298 valence electrons. The molecule has 54 heavy (non-hydrogen) atoms. The van der Waals surface area contributed by atoms with Gasteiger partial charge in [0.15, 0.2) is 12.2 Å². The summed E-state index contributed by atoms with van der Waals surface area (Å²) >= 11 is 0. The SMILES string of the molecule is CCCCCC1CCC(/C=C/COc2ccc(CO[C@@H](C(=O)O)[C@@H](OCc3ccc(OC/C=C/C4CCC(CCCCC)CC4)cc3)C(=O)O)cc2)CC1. The van der Waals surface area contributed by atoms with Crippen LogP contribution in [-0.4, -0.2) is 47.6 Å². The van der Waals surface area contributed by atoms with E-state index in [0.717, 1.165) is 11.8 Å². The van der Waals surface area contributed by atoms with Crippen molar-refractivity contribution >= 4 is 11.9 Å². The van der Waals surface area contributed by atoms with E-state index < -0.39 is 24.1 Å². The van der Waals surface area contributed by atoms with Crippen LogP contribution in [0.1, 0.15) is 128 Å². The number of allylic oxidation sites excluding steroid dienone is 2. The van der Waals surface area contributed by atoms with Crippen LogP contribution in [0.4, 0.5) is 0 Å². The standard InChI is InChI=1S/C46H66O8/c1-3-5-7-11-35-15-19-37(20-16-35)13-9-31-51-41-27-23-39(24-28-41)33-53-43(45(47)48)44(46(49)50)54-34-40-25-29-42(30-26-40)52-32-10-14-38-21-17-36(18-22-38)12-8-6-4-2/h9-10,13-14,23-30,35-38,43-44H,3-8,11-12,15-22,31-34H2,1-2H3,(H,47,48)(H,49,50)/b13-9+,14-10+/t35?,36?,37?,38?,43-,44-/m1/s1. The number of hydrogen-bond donors (Lipinski definition) is 2. The second-order valence-electron chi connectivity index (χ2n) is 15.5. The molecule has 8 nitrogen and oxygen atoms in total. The first-order chi connectivity index (χ1) is 26.3. The largest absolute Gasteiger partial charge is 0.490 e. The molecule has 2 N–H and O–H groups in total. The number of carboxylic acid groups (broad SMARTS) is 2. The monoisotopic (exact) mass is 746 g/mol. The maximum absolute atomic E-state index is 12.1. The maximum atomic E-state index is 12.1. The van der Waals surface area contributed by atoms with Gasteiger partial charge in [0.25, 0.3) is 0 Å². The van der Waals surface area contributed by atoms with E-state index in [1.807, 2.05) is 0 Å². The highest BCUT2D eigenvalue weighted by atomic mass is 16.6. The number of hydrogen-bond acceptors (Lipinski definition) is 6. The normalized spacial score (nSPS) is 21.6. The molecule has 0 amide bonds. The van der Waals surface area contributed by atoms with E-state index in [0.29, 0.717) is 47.7 Å². The average Bonchev–Trinajstić information content (AvgIpc) is 3.18. The van der Waals surface area contributed by atoms with E-state index >= 15 is 0 Å². The maximum Gasteiger partial charge on any atom is 0.336 e. The van der Waals surface area contributed by atoms with E-state index in [-0.39, 0.29) is 13.2 Å². The van der Waals surface area contributed by atoms with Crippen molar-refractivity contribution in [3.05, 3.63) is 84.0 Å². The molecule has 0 radical (unpaired) electrons. The highest BCUT2D eigenvalue weighted by Gasteiger charge is 2.36. The topological polar surface area (TPSA) is 112 Å². The Morgan fingerprint density at radius 2 is 0.963 bits per heavy atom. The van der Waals surface area contributed by atoms with Gasteiger partial charge in [-0.1, -0.05) is 114 Å². The van der Waals surface area contributed by atoms with Crippen molar-refractivity contribution in [3.63, 3.8) is 0 Å². The Morgan fingerprint density at radius 1 is 0.593 bits per heavy atom. The van der Waals surface area contributed by atoms with E-state index in [4.69, 9.17) is 18.9 Å². The van der Waals surface area contributed by atoms with Crippen molar-refractivity contribution in [3.8, 4) is 11.5 Å². The van der Waals surface area contributed by atoms with Crippen LogP contribution in [0.15, 0.2) is 72.8 Å². The van der Waals surface area contributed by atoms with E-state index in [9.17, 15) is 19.8 Å². The molecule has 2 aliphatic carbocycles. The highest BCUT2D eigenvalue weighted by Crippen LogP contribution is 2.34. The van der Waals surface area contributed by atoms with Gasteiger partial charge in [-0.2, -0.15) is 0 Å². The van der Waals surface area contributed by atoms with Gasteiger partial charge in [-0.3, -0.25) is 0 Å². The minimum atomic E-state index is -1.69. The fourth-order valence-corrected chi connectivity index (χ4v) is 7.80. The third kappa shape index (κ3) is 16.0. The fraction of sp³-hybridized carbons (Fsp3) is 0.609. The van der Waals surface area contributed by atoms with E-state index in [1.165, 1.54) is 103 Å². The minimum Gasteiger partial charge on any atom is -0.490 e. The second-order valence-corrected chi connectivity index (χ2v) is 15.5. The first-order valence-electron chi connectivity index (χ1n) is 20.8. The molecular formula is C46H66O8. The summed E-state index contributed by atoms with van der Waals surface area (Å²) in [6.07, 6.45) is 26.5. The lowest BCUT2D eigenvalue weighted by molar-refractivity contribution is -0.179. The van der Waals surface area contributed by atoms with Crippen LogP contribution in [-0.2, 0) is 32.3 Å². The molecule has 0 saturated heterocycles. The minimum absolute atomic E-state index is 0.0911. The molecular weight excluding hydrogens is 680 g/mol. The lowest BCUT2D eigenvalue weighted by Crippen LogP contribution is -2.43. The molecule has 2 aromatic rings. The summed E-state index contributed by atoms with van der Waals surface area (Å²) in [6.45, 7) is 5.31. The highest BCUT2D eigenvalue weighted by molar-refractivity contribution is 5.83. The van der Waals surface area contributed by atoms with Gasteiger partial charge in [-0.25, -0.2) is 9.59 Å². The number of rotatable bonds is 25. The predicted molar refractivity (Wildman–Crippen MR) is 214 cm³/mol. The van der Waals surface area contributed by atoms with Crippen LogP contribution in [0.5, 0.6) is 11.5 Å². The third-order valence-electron chi connectivity index (χ3n) is 11.2. The molecule has 8 heteroatoms. The predicted octanol–water partition coefficient (Wildman–Crippen LogP) is 11.0. The molecule has 2 saturated carbocycles. The summed E-state index contributed by atoms with van der Waals surface area (Å²) in [5.74, 6) is 1.64. The first-order valence-corrected chi connectivity index (χ1v) is 20.8. The van der Waals surface area contributed by atoms with Gasteiger partial charge in [-0.05, 0) is 110 Å². The molecule has 0 aromatic heterocycles. The number of carbonyl (C=O) groups is 2. The Hall–Kier alpha value is -3.62. The van der Waals surface area contributed by atoms with E-state index in [2.05, 4.69) is 38.2 Å². The zero-order valence-corrected chi connectivity index (χ0v) is 32.9. The molecule has 4 rings (SSSR count). The summed E-state index contributed by atoms with van der Waals surface area (Å²) in [6, 6.07) is 14.4. The lowest BCUT2D eigenvalue weighted by atomic mass is 9.79. The summed E-state index contributed by atoms with van der Waals surface area (Å²) in [4.78, 5) is 24.2. The zero-order chi connectivity index (χ0) is 38.4. The lowest BCUT2D eigenvalue weighted by Gasteiger charge is -2.26. The molecule has 2 fully saturated rings. The number of benzene rings is 2. The van der Waals surface area contributed by atoms with Gasteiger partial charge in [-0.15, -0.1) is 0 Å². The summed E-state index contributed by atoms with van der Waals surface area (Å²) in [7, 11) is 0. The van der Waals surface area contributed by atoms with Gasteiger partial charge in [0.05, 0.1) is 13.2 Å². The molecule has 0 heterocycles. The van der Waals surface area contributed by atoms with Crippen molar-refractivity contribution in [1.29, 1.82) is 0 Å². The first kappa shape index (κ1) is 43.1. The Kier molecular flexibility index (Phi) is 19.7. The fourth-order valence-electron chi connectivity index (χ4n) is 7.80. The van der Waals surface area contributed by atoms with Gasteiger partial charge < -0.3 is 29.2 Å². The van der Waals surface area contributed by atoms with Crippen molar-refractivity contribution in [2.45, 2.75) is 142 Å². The summed E-state index contributed by atoms with van der Waals surface area (Å²) < 4.78 is 23.0. The van der Waals surface area contributed by atoms with Crippen LogP contribution < -0.4 is 9.47 Å². The Morgan fingerprint density at radius 3 is 1.30 bits per heavy atom. The molecule has 0 unspecified atom stereocenters. The van der Waals surface area contributed by atoms with Gasteiger partial charge in [0.2, 0.25) is 0 Å². The smallest absolute Gasteiger partial charge is 0.336 e. The molecule has 2 atom stereocenters. The Labute approximate surface area is 324 Å². The number of aliphatic carboxylic acids is 2. The molecule has 0 spiro atoms. The van der Waals surface area contributed by atoms with E-state index in [1.54, 1.807) is 48.5 Å². The second kappa shape index (κ2) is 24.7. The summed E-state index contributed by atoms with van der Waals surface area (Å²) in [5.41, 5.74) is 1.39. The summed E-state index contributed by atoms with van der Waals surface area (Å²) in [5, 5.41) is 19.7.